The Labute approximate surface area is 96.5 Å². The highest BCUT2D eigenvalue weighted by Crippen LogP contribution is 2.19. The fraction of sp³-hybridized carbons (Fsp3) is 0.500. The van der Waals surface area contributed by atoms with Crippen molar-refractivity contribution in [2.75, 3.05) is 18.5 Å². The van der Waals surface area contributed by atoms with Gasteiger partial charge in [0.1, 0.15) is 0 Å². The molecule has 0 aliphatic heterocycles. The van der Waals surface area contributed by atoms with E-state index >= 15 is 0 Å². The summed E-state index contributed by atoms with van der Waals surface area (Å²) in [7, 11) is 1.97. The van der Waals surface area contributed by atoms with Crippen LogP contribution in [0.5, 0.6) is 0 Å². The van der Waals surface area contributed by atoms with Gasteiger partial charge in [0.2, 0.25) is 0 Å². The molecule has 0 aliphatic rings. The van der Waals surface area contributed by atoms with Crippen molar-refractivity contribution < 1.29 is 4.79 Å². The van der Waals surface area contributed by atoms with Crippen LogP contribution in [-0.4, -0.2) is 24.5 Å². The zero-order valence-electron chi connectivity index (χ0n) is 10.1. The van der Waals surface area contributed by atoms with E-state index in [2.05, 4.69) is 23.7 Å². The summed E-state index contributed by atoms with van der Waals surface area (Å²) in [4.78, 5) is 17.2. The van der Waals surface area contributed by atoms with E-state index in [9.17, 15) is 4.79 Å². The van der Waals surface area contributed by atoms with Gasteiger partial charge in [0.25, 0.3) is 5.91 Å². The van der Waals surface area contributed by atoms with E-state index in [1.165, 1.54) is 6.20 Å². The van der Waals surface area contributed by atoms with Gasteiger partial charge in [0, 0.05) is 26.0 Å². The third kappa shape index (κ3) is 2.95. The average Bonchev–Trinajstić information content (AvgIpc) is 2.28. The summed E-state index contributed by atoms with van der Waals surface area (Å²) in [5.41, 5.74) is 6.64. The van der Waals surface area contributed by atoms with Crippen molar-refractivity contribution >= 4 is 11.6 Å². The van der Waals surface area contributed by atoms with Gasteiger partial charge in [0.05, 0.1) is 11.3 Å². The van der Waals surface area contributed by atoms with E-state index in [0.29, 0.717) is 11.5 Å². The molecule has 16 heavy (non-hydrogen) atoms. The number of hydrogen-bond donors (Lipinski definition) is 1. The number of aromatic nitrogens is 1. The van der Waals surface area contributed by atoms with Crippen LogP contribution in [0, 0.1) is 5.92 Å². The number of amides is 1. The van der Waals surface area contributed by atoms with Gasteiger partial charge in [-0.15, -0.1) is 0 Å². The van der Waals surface area contributed by atoms with Gasteiger partial charge in [-0.1, -0.05) is 20.3 Å². The average molecular weight is 221 g/mol. The minimum Gasteiger partial charge on any atom is -0.374 e. The highest BCUT2D eigenvalue weighted by molar-refractivity contribution is 5.98. The molecule has 1 heterocycles. The standard InChI is InChI=1S/C12H19N3O/c1-4-9(2)8-15(3)11-5-6-14-7-10(11)12(13)16/h5-7,9H,4,8H2,1-3H3,(H2,13,16). The number of carbonyl (C=O) groups is 1. The Morgan fingerprint density at radius 1 is 1.62 bits per heavy atom. The number of anilines is 1. The smallest absolute Gasteiger partial charge is 0.252 e. The molecular weight excluding hydrogens is 202 g/mol. The molecule has 0 spiro atoms. The van der Waals surface area contributed by atoms with Gasteiger partial charge >= 0.3 is 0 Å². The third-order valence-corrected chi connectivity index (χ3v) is 2.76. The van der Waals surface area contributed by atoms with Crippen LogP contribution in [0.2, 0.25) is 0 Å². The molecule has 1 unspecified atom stereocenters. The fourth-order valence-corrected chi connectivity index (χ4v) is 1.60. The zero-order valence-corrected chi connectivity index (χ0v) is 10.1. The van der Waals surface area contributed by atoms with Crippen molar-refractivity contribution in [1.29, 1.82) is 0 Å². The Bertz CT molecular complexity index is 365. The minimum atomic E-state index is -0.431. The van der Waals surface area contributed by atoms with Crippen LogP contribution in [0.25, 0.3) is 0 Å². The molecule has 0 radical (unpaired) electrons. The van der Waals surface area contributed by atoms with Gasteiger partial charge < -0.3 is 10.6 Å². The van der Waals surface area contributed by atoms with Gasteiger partial charge in [-0.3, -0.25) is 9.78 Å². The predicted molar refractivity (Wildman–Crippen MR) is 65.5 cm³/mol. The summed E-state index contributed by atoms with van der Waals surface area (Å²) in [6.45, 7) is 5.24. The van der Waals surface area contributed by atoms with Crippen molar-refractivity contribution in [3.05, 3.63) is 24.0 Å². The number of nitrogens with two attached hydrogens (primary N) is 1. The number of nitrogens with zero attached hydrogens (tertiary/aromatic N) is 2. The van der Waals surface area contributed by atoms with E-state index < -0.39 is 5.91 Å². The first-order valence-electron chi connectivity index (χ1n) is 5.51. The predicted octanol–water partition coefficient (Wildman–Crippen LogP) is 1.66. The zero-order chi connectivity index (χ0) is 12.1. The molecule has 0 aliphatic carbocycles. The monoisotopic (exact) mass is 221 g/mol. The Balaban J connectivity index is 2.90. The molecular formula is C12H19N3O. The second-order valence-corrected chi connectivity index (χ2v) is 4.15. The quantitative estimate of drug-likeness (QED) is 0.822. The van der Waals surface area contributed by atoms with Crippen LogP contribution in [0.15, 0.2) is 18.5 Å². The van der Waals surface area contributed by atoms with Gasteiger partial charge in [0.15, 0.2) is 0 Å². The Morgan fingerprint density at radius 2 is 2.31 bits per heavy atom. The van der Waals surface area contributed by atoms with Crippen molar-refractivity contribution in [3.8, 4) is 0 Å². The first-order valence-corrected chi connectivity index (χ1v) is 5.51. The second kappa shape index (κ2) is 5.49. The summed E-state index contributed by atoms with van der Waals surface area (Å²) in [6, 6.07) is 1.82. The second-order valence-electron chi connectivity index (χ2n) is 4.15. The lowest BCUT2D eigenvalue weighted by Crippen LogP contribution is -2.26. The van der Waals surface area contributed by atoms with Crippen molar-refractivity contribution in [2.24, 2.45) is 11.7 Å². The van der Waals surface area contributed by atoms with Crippen molar-refractivity contribution in [2.45, 2.75) is 20.3 Å². The number of hydrogen-bond acceptors (Lipinski definition) is 3. The molecule has 88 valence electrons. The topological polar surface area (TPSA) is 59.2 Å². The molecule has 1 atom stereocenters. The van der Waals surface area contributed by atoms with Crippen LogP contribution >= 0.6 is 0 Å². The molecule has 0 fully saturated rings. The third-order valence-electron chi connectivity index (χ3n) is 2.76. The highest BCUT2D eigenvalue weighted by Gasteiger charge is 2.13. The van der Waals surface area contributed by atoms with E-state index in [1.807, 2.05) is 13.1 Å². The molecule has 0 saturated carbocycles. The lowest BCUT2D eigenvalue weighted by Gasteiger charge is -2.24. The van der Waals surface area contributed by atoms with Gasteiger partial charge in [-0.2, -0.15) is 0 Å². The number of carbonyl (C=O) groups excluding carboxylic acids is 1. The number of pyridine rings is 1. The largest absolute Gasteiger partial charge is 0.374 e. The molecule has 1 aromatic heterocycles. The maximum atomic E-state index is 11.2. The summed E-state index contributed by atoms with van der Waals surface area (Å²) in [6.07, 6.45) is 4.31. The van der Waals surface area contributed by atoms with Gasteiger partial charge in [-0.25, -0.2) is 0 Å². The molecule has 2 N–H and O–H groups in total. The first-order chi connectivity index (χ1) is 7.56. The lowest BCUT2D eigenvalue weighted by molar-refractivity contribution is 0.100. The maximum Gasteiger partial charge on any atom is 0.252 e. The molecule has 0 aromatic carbocycles. The molecule has 4 heteroatoms. The number of rotatable bonds is 5. The minimum absolute atomic E-state index is 0.431. The van der Waals surface area contributed by atoms with E-state index in [4.69, 9.17) is 5.73 Å². The summed E-state index contributed by atoms with van der Waals surface area (Å²) < 4.78 is 0. The van der Waals surface area contributed by atoms with E-state index in [1.54, 1.807) is 6.20 Å². The summed E-state index contributed by atoms with van der Waals surface area (Å²) in [5.74, 6) is 0.151. The van der Waals surface area contributed by atoms with Gasteiger partial charge in [-0.05, 0) is 12.0 Å². The van der Waals surface area contributed by atoms with Crippen LogP contribution in [0.1, 0.15) is 30.6 Å². The number of primary amides is 1. The normalized spacial score (nSPS) is 12.2. The lowest BCUT2D eigenvalue weighted by atomic mass is 10.1. The molecule has 1 rings (SSSR count). The van der Waals surface area contributed by atoms with Crippen LogP contribution < -0.4 is 10.6 Å². The summed E-state index contributed by atoms with van der Waals surface area (Å²) in [5, 5.41) is 0. The molecule has 1 aromatic rings. The van der Waals surface area contributed by atoms with Crippen molar-refractivity contribution in [1.82, 2.24) is 4.98 Å². The van der Waals surface area contributed by atoms with Crippen LogP contribution in [-0.2, 0) is 0 Å². The molecule has 4 nitrogen and oxygen atoms in total. The SMILES string of the molecule is CCC(C)CN(C)c1ccncc1C(N)=O. The van der Waals surface area contributed by atoms with E-state index in [0.717, 1.165) is 18.7 Å². The maximum absolute atomic E-state index is 11.2. The summed E-state index contributed by atoms with van der Waals surface area (Å²) >= 11 is 0. The van der Waals surface area contributed by atoms with E-state index in [-0.39, 0.29) is 0 Å². The first kappa shape index (κ1) is 12.5. The highest BCUT2D eigenvalue weighted by atomic mass is 16.1. The van der Waals surface area contributed by atoms with Crippen LogP contribution in [0.4, 0.5) is 5.69 Å². The van der Waals surface area contributed by atoms with Crippen molar-refractivity contribution in [3.63, 3.8) is 0 Å². The molecule has 0 bridgehead atoms. The Hall–Kier alpha value is -1.58. The molecule has 1 amide bonds. The fourth-order valence-electron chi connectivity index (χ4n) is 1.60. The Morgan fingerprint density at radius 3 is 2.88 bits per heavy atom. The molecule has 0 saturated heterocycles. The van der Waals surface area contributed by atoms with Crippen LogP contribution in [0.3, 0.4) is 0 Å². The Kier molecular flexibility index (Phi) is 4.28.